The second kappa shape index (κ2) is 12.0. The number of amides is 2. The summed E-state index contributed by atoms with van der Waals surface area (Å²) < 4.78 is 10.4. The summed E-state index contributed by atoms with van der Waals surface area (Å²) in [6.07, 6.45) is 0.707. The van der Waals surface area contributed by atoms with Crippen molar-refractivity contribution in [2.24, 2.45) is 4.99 Å². The van der Waals surface area contributed by atoms with Gasteiger partial charge in [-0.05, 0) is 66.6 Å². The Morgan fingerprint density at radius 1 is 1.06 bits per heavy atom. The fraction of sp³-hybridized carbons (Fsp3) is 0.222. The number of anilines is 1. The third kappa shape index (κ3) is 6.59. The van der Waals surface area contributed by atoms with Crippen molar-refractivity contribution in [3.8, 4) is 11.5 Å². The third-order valence-corrected chi connectivity index (χ3v) is 7.03. The number of halogens is 1. The Labute approximate surface area is 219 Å². The van der Waals surface area contributed by atoms with Crippen LogP contribution in [0.3, 0.4) is 0 Å². The molecule has 36 heavy (non-hydrogen) atoms. The largest absolute Gasteiger partial charge is 0.497 e. The number of benzene rings is 3. The molecule has 1 aliphatic heterocycles. The van der Waals surface area contributed by atoms with Gasteiger partial charge in [0.2, 0.25) is 11.8 Å². The lowest BCUT2D eigenvalue weighted by Crippen LogP contribution is -2.46. The Bertz CT molecular complexity index is 1250. The number of amidine groups is 1. The first-order valence-electron chi connectivity index (χ1n) is 11.3. The molecule has 4 rings (SSSR count). The molecule has 1 saturated heterocycles. The van der Waals surface area contributed by atoms with Crippen molar-refractivity contribution in [3.05, 3.63) is 83.4 Å². The van der Waals surface area contributed by atoms with E-state index < -0.39 is 5.25 Å². The van der Waals surface area contributed by atoms with Crippen LogP contribution >= 0.6 is 23.4 Å². The minimum absolute atomic E-state index is 0.0707. The normalized spacial score (nSPS) is 16.6. The van der Waals surface area contributed by atoms with Crippen LogP contribution in [0, 0.1) is 0 Å². The van der Waals surface area contributed by atoms with Crippen LogP contribution in [0.15, 0.2) is 77.8 Å². The number of carbonyl (C=O) groups is 2. The number of rotatable bonds is 8. The Hall–Kier alpha value is -3.49. The average molecular weight is 524 g/mol. The fourth-order valence-corrected chi connectivity index (χ4v) is 4.97. The number of aliphatic imine (C=N–C) groups is 1. The van der Waals surface area contributed by atoms with Crippen LogP contribution in [-0.4, -0.2) is 47.9 Å². The zero-order chi connectivity index (χ0) is 25.5. The van der Waals surface area contributed by atoms with E-state index in [2.05, 4.69) is 5.32 Å². The van der Waals surface area contributed by atoms with Crippen molar-refractivity contribution in [2.75, 3.05) is 26.1 Å². The van der Waals surface area contributed by atoms with Crippen LogP contribution < -0.4 is 14.8 Å². The van der Waals surface area contributed by atoms with Gasteiger partial charge in [0.25, 0.3) is 0 Å². The van der Waals surface area contributed by atoms with E-state index in [9.17, 15) is 9.59 Å². The quantitative estimate of drug-likeness (QED) is 0.418. The van der Waals surface area contributed by atoms with Gasteiger partial charge in [0, 0.05) is 23.7 Å². The van der Waals surface area contributed by atoms with Crippen molar-refractivity contribution < 1.29 is 19.1 Å². The van der Waals surface area contributed by atoms with E-state index in [1.54, 1.807) is 55.5 Å². The summed E-state index contributed by atoms with van der Waals surface area (Å²) in [5, 5.41) is 3.24. The molecule has 9 heteroatoms. The van der Waals surface area contributed by atoms with Crippen LogP contribution in [0.5, 0.6) is 11.5 Å². The molecule has 186 valence electrons. The lowest BCUT2D eigenvalue weighted by Gasteiger charge is -2.32. The minimum atomic E-state index is -0.620. The predicted molar refractivity (Wildman–Crippen MR) is 145 cm³/mol. The van der Waals surface area contributed by atoms with Gasteiger partial charge in [-0.25, -0.2) is 4.99 Å². The molecule has 1 atom stereocenters. The topological polar surface area (TPSA) is 80.2 Å². The maximum atomic E-state index is 13.2. The van der Waals surface area contributed by atoms with Crippen LogP contribution in [0.2, 0.25) is 5.02 Å². The molecule has 0 aliphatic carbocycles. The first-order chi connectivity index (χ1) is 17.4. The standard InChI is InChI=1S/C27H26ClN3O4S/c1-34-22-10-6-18(7-11-22)14-15-31-25(32)17-24(26(33)29-21-5-3-4-19(28)16-21)36-27(31)30-20-8-12-23(35-2)13-9-20/h3-13,16,24H,14-15,17H2,1-2H3,(H,29,33). The lowest BCUT2D eigenvalue weighted by molar-refractivity contribution is -0.129. The van der Waals surface area contributed by atoms with E-state index in [4.69, 9.17) is 26.1 Å². The van der Waals surface area contributed by atoms with Crippen LogP contribution in [-0.2, 0) is 16.0 Å². The molecule has 1 aliphatic rings. The number of thioether (sulfide) groups is 1. The molecular formula is C27H26ClN3O4S. The summed E-state index contributed by atoms with van der Waals surface area (Å²) in [7, 11) is 3.22. The molecule has 3 aromatic rings. The second-order valence-corrected chi connectivity index (χ2v) is 9.65. The maximum absolute atomic E-state index is 13.2. The molecule has 1 fully saturated rings. The van der Waals surface area contributed by atoms with Gasteiger partial charge in [-0.1, -0.05) is 41.6 Å². The van der Waals surface area contributed by atoms with E-state index in [1.165, 1.54) is 11.8 Å². The Morgan fingerprint density at radius 3 is 2.36 bits per heavy atom. The molecule has 0 aromatic heterocycles. The number of methoxy groups -OCH3 is 2. The van der Waals surface area contributed by atoms with Gasteiger partial charge in [0.15, 0.2) is 5.17 Å². The van der Waals surface area contributed by atoms with Crippen molar-refractivity contribution in [1.29, 1.82) is 0 Å². The SMILES string of the molecule is COc1ccc(CCN2C(=O)CC(C(=O)Nc3cccc(Cl)c3)SC2=Nc2ccc(OC)cc2)cc1. The van der Waals surface area contributed by atoms with Gasteiger partial charge in [0.05, 0.1) is 19.9 Å². The molecule has 2 amide bonds. The molecule has 7 nitrogen and oxygen atoms in total. The van der Waals surface area contributed by atoms with E-state index in [0.29, 0.717) is 40.3 Å². The van der Waals surface area contributed by atoms with Gasteiger partial charge >= 0.3 is 0 Å². The van der Waals surface area contributed by atoms with Crippen LogP contribution in [0.4, 0.5) is 11.4 Å². The number of hydrogen-bond donors (Lipinski definition) is 1. The predicted octanol–water partition coefficient (Wildman–Crippen LogP) is 5.56. The molecule has 3 aromatic carbocycles. The molecule has 0 bridgehead atoms. The van der Waals surface area contributed by atoms with Crippen LogP contribution in [0.25, 0.3) is 0 Å². The van der Waals surface area contributed by atoms with Crippen molar-refractivity contribution in [1.82, 2.24) is 4.90 Å². The zero-order valence-electron chi connectivity index (χ0n) is 19.9. The van der Waals surface area contributed by atoms with E-state index in [-0.39, 0.29) is 18.2 Å². The molecule has 1 unspecified atom stereocenters. The third-order valence-electron chi connectivity index (χ3n) is 5.60. The summed E-state index contributed by atoms with van der Waals surface area (Å²) in [4.78, 5) is 32.6. The number of nitrogens with one attached hydrogen (secondary N) is 1. The maximum Gasteiger partial charge on any atom is 0.238 e. The highest BCUT2D eigenvalue weighted by Gasteiger charge is 2.35. The number of nitrogens with zero attached hydrogens (tertiary/aromatic N) is 2. The van der Waals surface area contributed by atoms with E-state index in [0.717, 1.165) is 11.3 Å². The molecule has 1 heterocycles. The number of ether oxygens (including phenoxy) is 2. The summed E-state index contributed by atoms with van der Waals surface area (Å²) in [6.45, 7) is 0.440. The van der Waals surface area contributed by atoms with Gasteiger partial charge in [-0.2, -0.15) is 0 Å². The Morgan fingerprint density at radius 2 is 1.72 bits per heavy atom. The van der Waals surface area contributed by atoms with Crippen molar-refractivity contribution in [2.45, 2.75) is 18.1 Å². The fourth-order valence-electron chi connectivity index (χ4n) is 3.65. The van der Waals surface area contributed by atoms with Gasteiger partial charge in [0.1, 0.15) is 16.7 Å². The van der Waals surface area contributed by atoms with Crippen LogP contribution in [0.1, 0.15) is 12.0 Å². The molecule has 0 saturated carbocycles. The number of carbonyl (C=O) groups excluding carboxylic acids is 2. The lowest BCUT2D eigenvalue weighted by atomic mass is 10.1. The second-order valence-electron chi connectivity index (χ2n) is 8.05. The van der Waals surface area contributed by atoms with Crippen molar-refractivity contribution >= 4 is 51.7 Å². The molecule has 0 radical (unpaired) electrons. The summed E-state index contributed by atoms with van der Waals surface area (Å²) in [6, 6.07) is 21.9. The minimum Gasteiger partial charge on any atom is -0.497 e. The molecular weight excluding hydrogens is 498 g/mol. The molecule has 1 N–H and O–H groups in total. The first-order valence-corrected chi connectivity index (χ1v) is 12.6. The molecule has 0 spiro atoms. The Balaban J connectivity index is 1.54. The smallest absolute Gasteiger partial charge is 0.238 e. The van der Waals surface area contributed by atoms with Gasteiger partial charge in [-0.15, -0.1) is 0 Å². The summed E-state index contributed by atoms with van der Waals surface area (Å²) >= 11 is 7.32. The van der Waals surface area contributed by atoms with E-state index >= 15 is 0 Å². The summed E-state index contributed by atoms with van der Waals surface area (Å²) in [5.74, 6) is 1.06. The Kier molecular flexibility index (Phi) is 8.51. The van der Waals surface area contributed by atoms with E-state index in [1.807, 2.05) is 36.4 Å². The number of hydrogen-bond acceptors (Lipinski definition) is 6. The zero-order valence-corrected chi connectivity index (χ0v) is 21.5. The highest BCUT2D eigenvalue weighted by molar-refractivity contribution is 8.15. The highest BCUT2D eigenvalue weighted by Crippen LogP contribution is 2.31. The van der Waals surface area contributed by atoms with Crippen molar-refractivity contribution in [3.63, 3.8) is 0 Å². The summed E-state index contributed by atoms with van der Waals surface area (Å²) in [5.41, 5.74) is 2.31. The monoisotopic (exact) mass is 523 g/mol. The highest BCUT2D eigenvalue weighted by atomic mass is 35.5. The average Bonchev–Trinajstić information content (AvgIpc) is 2.89. The van der Waals surface area contributed by atoms with Gasteiger partial charge < -0.3 is 14.8 Å². The first kappa shape index (κ1) is 25.6. The van der Waals surface area contributed by atoms with Gasteiger partial charge in [-0.3, -0.25) is 14.5 Å².